The molecule has 0 aromatic rings. The second-order valence-electron chi connectivity index (χ2n) is 4.01. The molecule has 1 atom stereocenters. The predicted molar refractivity (Wildman–Crippen MR) is 64.0 cm³/mol. The highest BCUT2D eigenvalue weighted by atomic mass is 35.5. The molecule has 1 aliphatic rings. The molecular formula is C9H19ClN2OS. The van der Waals surface area contributed by atoms with Crippen molar-refractivity contribution in [3.8, 4) is 0 Å². The highest BCUT2D eigenvalue weighted by Gasteiger charge is 2.34. The van der Waals surface area contributed by atoms with Crippen LogP contribution in [-0.4, -0.2) is 42.4 Å². The normalized spacial score (nSPS) is 26.1. The number of likely N-dealkylation sites (tertiary alicyclic amines) is 1. The van der Waals surface area contributed by atoms with Crippen molar-refractivity contribution in [1.82, 2.24) is 4.90 Å². The first-order valence-corrected chi connectivity index (χ1v) is 5.97. The van der Waals surface area contributed by atoms with Gasteiger partial charge in [0.2, 0.25) is 5.91 Å². The van der Waals surface area contributed by atoms with Gasteiger partial charge in [-0.3, -0.25) is 4.79 Å². The number of halogens is 1. The van der Waals surface area contributed by atoms with E-state index in [0.29, 0.717) is 12.3 Å². The Bertz CT molecular complexity index is 203. The van der Waals surface area contributed by atoms with Gasteiger partial charge in [-0.15, -0.1) is 12.4 Å². The lowest BCUT2D eigenvalue weighted by Gasteiger charge is -2.22. The smallest absolute Gasteiger partial charge is 0.232 e. The highest BCUT2D eigenvalue weighted by Crippen LogP contribution is 2.28. The lowest BCUT2D eigenvalue weighted by atomic mass is 9.90. The summed E-state index contributed by atoms with van der Waals surface area (Å²) in [6, 6.07) is 0. The summed E-state index contributed by atoms with van der Waals surface area (Å²) in [6.07, 6.45) is 3.00. The summed E-state index contributed by atoms with van der Waals surface area (Å²) >= 11 is 1.58. The molecule has 3 nitrogen and oxygen atoms in total. The van der Waals surface area contributed by atoms with Gasteiger partial charge in [0, 0.05) is 13.1 Å². The zero-order valence-electron chi connectivity index (χ0n) is 8.78. The number of rotatable bonds is 3. The monoisotopic (exact) mass is 238 g/mol. The third-order valence-electron chi connectivity index (χ3n) is 2.67. The molecule has 1 unspecified atom stereocenters. The molecule has 1 aliphatic heterocycles. The number of thioether (sulfide) groups is 1. The van der Waals surface area contributed by atoms with Gasteiger partial charge in [-0.1, -0.05) is 6.92 Å². The minimum atomic E-state index is 0. The fraction of sp³-hybridized carbons (Fsp3) is 0.889. The quantitative estimate of drug-likeness (QED) is 0.797. The summed E-state index contributed by atoms with van der Waals surface area (Å²) < 4.78 is 0. The van der Waals surface area contributed by atoms with Gasteiger partial charge in [0.25, 0.3) is 0 Å². The topological polar surface area (TPSA) is 46.3 Å². The zero-order valence-corrected chi connectivity index (χ0v) is 10.4. The van der Waals surface area contributed by atoms with Crippen molar-refractivity contribution in [3.05, 3.63) is 0 Å². The molecule has 14 heavy (non-hydrogen) atoms. The maximum atomic E-state index is 11.5. The van der Waals surface area contributed by atoms with Crippen molar-refractivity contribution in [2.45, 2.75) is 13.3 Å². The average Bonchev–Trinajstić information content (AvgIpc) is 2.50. The molecule has 84 valence electrons. The lowest BCUT2D eigenvalue weighted by molar-refractivity contribution is -0.127. The number of nitrogens with zero attached hydrogens (tertiary/aromatic N) is 1. The van der Waals surface area contributed by atoms with E-state index in [1.165, 1.54) is 0 Å². The van der Waals surface area contributed by atoms with Crippen molar-refractivity contribution in [3.63, 3.8) is 0 Å². The SMILES string of the molecule is CSCC(=O)N1CCC(C)(CN)C1.Cl. The van der Waals surface area contributed by atoms with Crippen LogP contribution in [0.2, 0.25) is 0 Å². The molecule has 0 saturated carbocycles. The van der Waals surface area contributed by atoms with Gasteiger partial charge in [-0.25, -0.2) is 0 Å². The Kier molecular flexibility index (Phi) is 5.86. The predicted octanol–water partition coefficient (Wildman–Crippen LogP) is 0.968. The van der Waals surface area contributed by atoms with E-state index in [2.05, 4.69) is 6.92 Å². The maximum Gasteiger partial charge on any atom is 0.232 e. The molecule has 1 fully saturated rings. The van der Waals surface area contributed by atoms with E-state index in [1.54, 1.807) is 11.8 Å². The third-order valence-corrected chi connectivity index (χ3v) is 3.21. The fourth-order valence-electron chi connectivity index (χ4n) is 1.62. The summed E-state index contributed by atoms with van der Waals surface area (Å²) in [5, 5.41) is 0. The van der Waals surface area contributed by atoms with E-state index in [4.69, 9.17) is 5.73 Å². The second-order valence-corrected chi connectivity index (χ2v) is 4.88. The molecule has 1 heterocycles. The Labute approximate surface area is 96.2 Å². The summed E-state index contributed by atoms with van der Waals surface area (Å²) in [6.45, 7) is 4.55. The van der Waals surface area contributed by atoms with Crippen molar-refractivity contribution in [2.75, 3.05) is 31.6 Å². The molecular weight excluding hydrogens is 220 g/mol. The first kappa shape index (κ1) is 14.1. The van der Waals surface area contributed by atoms with Gasteiger partial charge >= 0.3 is 0 Å². The third kappa shape index (κ3) is 3.33. The minimum absolute atomic E-state index is 0. The number of nitrogens with two attached hydrogens (primary N) is 1. The molecule has 1 amide bonds. The lowest BCUT2D eigenvalue weighted by Crippen LogP contribution is -2.35. The van der Waals surface area contributed by atoms with Crippen LogP contribution in [0.25, 0.3) is 0 Å². The first-order chi connectivity index (χ1) is 6.11. The van der Waals surface area contributed by atoms with Gasteiger partial charge in [0.1, 0.15) is 0 Å². The van der Waals surface area contributed by atoms with Crippen LogP contribution >= 0.6 is 24.2 Å². The second kappa shape index (κ2) is 5.83. The van der Waals surface area contributed by atoms with Crippen LogP contribution in [0.3, 0.4) is 0 Å². The number of hydrogen-bond acceptors (Lipinski definition) is 3. The van der Waals surface area contributed by atoms with Gasteiger partial charge in [-0.2, -0.15) is 11.8 Å². The number of amides is 1. The van der Waals surface area contributed by atoms with E-state index in [1.807, 2.05) is 11.2 Å². The van der Waals surface area contributed by atoms with E-state index in [9.17, 15) is 4.79 Å². The summed E-state index contributed by atoms with van der Waals surface area (Å²) in [7, 11) is 0. The highest BCUT2D eigenvalue weighted by molar-refractivity contribution is 7.99. The number of carbonyl (C=O) groups excluding carboxylic acids is 1. The van der Waals surface area contributed by atoms with Crippen molar-refractivity contribution >= 4 is 30.1 Å². The van der Waals surface area contributed by atoms with Crippen LogP contribution < -0.4 is 5.73 Å². The summed E-state index contributed by atoms with van der Waals surface area (Å²) in [5.74, 6) is 0.852. The van der Waals surface area contributed by atoms with Gasteiger partial charge in [0.05, 0.1) is 5.75 Å². The number of hydrogen-bond donors (Lipinski definition) is 1. The molecule has 5 heteroatoms. The summed E-state index contributed by atoms with van der Waals surface area (Å²) in [4.78, 5) is 13.4. The van der Waals surface area contributed by atoms with Crippen LogP contribution in [0.5, 0.6) is 0 Å². The van der Waals surface area contributed by atoms with Crippen LogP contribution in [0.1, 0.15) is 13.3 Å². The molecule has 1 rings (SSSR count). The maximum absolute atomic E-state index is 11.5. The zero-order chi connectivity index (χ0) is 9.90. The Hall–Kier alpha value is 0.0700. The molecule has 0 bridgehead atoms. The Morgan fingerprint density at radius 3 is 2.71 bits per heavy atom. The van der Waals surface area contributed by atoms with Crippen LogP contribution in [-0.2, 0) is 4.79 Å². The molecule has 0 aliphatic carbocycles. The molecule has 1 saturated heterocycles. The average molecular weight is 239 g/mol. The van der Waals surface area contributed by atoms with E-state index in [-0.39, 0.29) is 23.7 Å². The molecule has 0 radical (unpaired) electrons. The van der Waals surface area contributed by atoms with Crippen molar-refractivity contribution < 1.29 is 4.79 Å². The fourth-order valence-corrected chi connectivity index (χ4v) is 2.05. The Morgan fingerprint density at radius 2 is 2.29 bits per heavy atom. The first-order valence-electron chi connectivity index (χ1n) is 4.58. The summed E-state index contributed by atoms with van der Waals surface area (Å²) in [5.41, 5.74) is 5.82. The van der Waals surface area contributed by atoms with Gasteiger partial charge < -0.3 is 10.6 Å². The van der Waals surface area contributed by atoms with Crippen molar-refractivity contribution in [2.24, 2.45) is 11.1 Å². The Balaban J connectivity index is 0.00000169. The molecule has 2 N–H and O–H groups in total. The standard InChI is InChI=1S/C9H18N2OS.ClH/c1-9(6-10)3-4-11(7-9)8(12)5-13-2;/h3-7,10H2,1-2H3;1H. The number of carbonyl (C=O) groups is 1. The van der Waals surface area contributed by atoms with Gasteiger partial charge in [-0.05, 0) is 24.6 Å². The van der Waals surface area contributed by atoms with E-state index < -0.39 is 0 Å². The minimum Gasteiger partial charge on any atom is -0.341 e. The van der Waals surface area contributed by atoms with Crippen LogP contribution in [0.4, 0.5) is 0 Å². The van der Waals surface area contributed by atoms with Crippen LogP contribution in [0, 0.1) is 5.41 Å². The largest absolute Gasteiger partial charge is 0.341 e. The molecule has 0 aromatic heterocycles. The van der Waals surface area contributed by atoms with Crippen molar-refractivity contribution in [1.29, 1.82) is 0 Å². The Morgan fingerprint density at radius 1 is 1.64 bits per heavy atom. The molecule has 0 aromatic carbocycles. The van der Waals surface area contributed by atoms with E-state index >= 15 is 0 Å². The van der Waals surface area contributed by atoms with Crippen LogP contribution in [0.15, 0.2) is 0 Å². The van der Waals surface area contributed by atoms with E-state index in [0.717, 1.165) is 19.5 Å². The molecule has 0 spiro atoms. The van der Waals surface area contributed by atoms with Gasteiger partial charge in [0.15, 0.2) is 0 Å².